The molecule has 3 nitrogen and oxygen atoms in total. The summed E-state index contributed by atoms with van der Waals surface area (Å²) in [6.45, 7) is 0. The van der Waals surface area contributed by atoms with E-state index in [9.17, 15) is 4.79 Å². The van der Waals surface area contributed by atoms with Gasteiger partial charge in [0.1, 0.15) is 5.76 Å². The molecule has 1 aromatic heterocycles. The Hall–Kier alpha value is -1.90. The minimum atomic E-state index is 0.136. The zero-order chi connectivity index (χ0) is 11.0. The van der Waals surface area contributed by atoms with Crippen molar-refractivity contribution in [3.63, 3.8) is 0 Å². The summed E-state index contributed by atoms with van der Waals surface area (Å²) in [5.74, 6) is 1.09. The number of Topliss-reactive ketones (excluding diaryl/α,β-unsaturated/α-hetero) is 1. The fourth-order valence-electron chi connectivity index (χ4n) is 2.23. The summed E-state index contributed by atoms with van der Waals surface area (Å²) in [7, 11) is 0. The number of fused-ring (bicyclic) bond motifs is 1. The Labute approximate surface area is 93.1 Å². The van der Waals surface area contributed by atoms with Gasteiger partial charge in [-0.15, -0.1) is 0 Å². The van der Waals surface area contributed by atoms with Crippen molar-refractivity contribution in [2.75, 3.05) is 0 Å². The highest BCUT2D eigenvalue weighted by Gasteiger charge is 2.29. The Kier molecular flexibility index (Phi) is 2.10. The molecule has 0 N–H and O–H groups in total. The number of ketones is 1. The first-order valence-corrected chi connectivity index (χ1v) is 5.36. The smallest absolute Gasteiger partial charge is 0.168 e. The lowest BCUT2D eigenvalue weighted by atomic mass is 9.83. The summed E-state index contributed by atoms with van der Waals surface area (Å²) in [5.41, 5.74) is 1.85. The Bertz CT molecular complexity index is 516. The molecule has 80 valence electrons. The lowest BCUT2D eigenvalue weighted by molar-refractivity contribution is 0.0960. The molecule has 0 saturated heterocycles. The normalized spacial score (nSPS) is 19.5. The van der Waals surface area contributed by atoms with Crippen LogP contribution in [-0.4, -0.2) is 10.9 Å². The van der Waals surface area contributed by atoms with Crippen LogP contribution >= 0.6 is 0 Å². The highest BCUT2D eigenvalue weighted by molar-refractivity contribution is 5.98. The first-order valence-electron chi connectivity index (χ1n) is 5.36. The van der Waals surface area contributed by atoms with Gasteiger partial charge in [-0.1, -0.05) is 35.5 Å². The minimum absolute atomic E-state index is 0.136. The maximum atomic E-state index is 11.8. The van der Waals surface area contributed by atoms with Crippen molar-refractivity contribution in [1.29, 1.82) is 0 Å². The number of hydrogen-bond donors (Lipinski definition) is 0. The fraction of sp³-hybridized carbons (Fsp3) is 0.231. The van der Waals surface area contributed by atoms with Gasteiger partial charge in [0.2, 0.25) is 0 Å². The number of carbonyl (C=O) groups is 1. The van der Waals surface area contributed by atoms with Crippen molar-refractivity contribution < 1.29 is 9.32 Å². The topological polar surface area (TPSA) is 43.1 Å². The zero-order valence-electron chi connectivity index (χ0n) is 8.72. The molecular weight excluding hydrogens is 202 g/mol. The Balaban J connectivity index is 1.95. The minimum Gasteiger partial charge on any atom is -0.361 e. The zero-order valence-corrected chi connectivity index (χ0v) is 8.72. The summed E-state index contributed by atoms with van der Waals surface area (Å²) in [6, 6.07) is 10.1. The molecule has 0 bridgehead atoms. The monoisotopic (exact) mass is 213 g/mol. The molecule has 0 aliphatic heterocycles. The standard InChI is InChI=1S/C13H11NO2/c15-12-6-10(9-4-2-1-3-5-9)7-13-11(12)8-14-16-13/h1-5,8,10H,6-7H2. The maximum absolute atomic E-state index is 11.8. The summed E-state index contributed by atoms with van der Waals surface area (Å²) in [6.07, 6.45) is 2.85. The second kappa shape index (κ2) is 3.59. The van der Waals surface area contributed by atoms with Gasteiger partial charge in [0.05, 0.1) is 11.8 Å². The van der Waals surface area contributed by atoms with Gasteiger partial charge in [0, 0.05) is 12.8 Å². The maximum Gasteiger partial charge on any atom is 0.168 e. The average Bonchev–Trinajstić information content (AvgIpc) is 2.79. The van der Waals surface area contributed by atoms with E-state index in [1.54, 1.807) is 0 Å². The first-order chi connectivity index (χ1) is 7.84. The number of benzene rings is 1. The van der Waals surface area contributed by atoms with E-state index < -0.39 is 0 Å². The van der Waals surface area contributed by atoms with Gasteiger partial charge in [-0.05, 0) is 11.5 Å². The van der Waals surface area contributed by atoms with Crippen molar-refractivity contribution in [3.8, 4) is 0 Å². The van der Waals surface area contributed by atoms with Gasteiger partial charge >= 0.3 is 0 Å². The van der Waals surface area contributed by atoms with Crippen LogP contribution in [-0.2, 0) is 6.42 Å². The Morgan fingerprint density at radius 3 is 2.81 bits per heavy atom. The third-order valence-electron chi connectivity index (χ3n) is 3.08. The molecule has 0 radical (unpaired) electrons. The number of hydrogen-bond acceptors (Lipinski definition) is 3. The molecule has 3 heteroatoms. The third kappa shape index (κ3) is 1.45. The van der Waals surface area contributed by atoms with Crippen LogP contribution in [0.3, 0.4) is 0 Å². The van der Waals surface area contributed by atoms with Gasteiger partial charge in [-0.2, -0.15) is 0 Å². The number of nitrogens with zero attached hydrogens (tertiary/aromatic N) is 1. The average molecular weight is 213 g/mol. The van der Waals surface area contributed by atoms with Crippen LogP contribution in [0.1, 0.15) is 34.0 Å². The molecule has 1 heterocycles. The molecule has 2 aromatic rings. The summed E-state index contributed by atoms with van der Waals surface area (Å²) in [4.78, 5) is 11.8. The van der Waals surface area contributed by atoms with Crippen LogP contribution in [0.25, 0.3) is 0 Å². The molecule has 0 fully saturated rings. The van der Waals surface area contributed by atoms with Gasteiger partial charge in [-0.3, -0.25) is 4.79 Å². The van der Waals surface area contributed by atoms with E-state index in [4.69, 9.17) is 4.52 Å². The van der Waals surface area contributed by atoms with Gasteiger partial charge < -0.3 is 4.52 Å². The number of carbonyl (C=O) groups excluding carboxylic acids is 1. The second-order valence-corrected chi connectivity index (χ2v) is 4.10. The molecule has 3 rings (SSSR count). The van der Waals surface area contributed by atoms with E-state index >= 15 is 0 Å². The molecule has 1 aromatic carbocycles. The van der Waals surface area contributed by atoms with Crippen LogP contribution in [0.15, 0.2) is 41.1 Å². The van der Waals surface area contributed by atoms with E-state index in [1.807, 2.05) is 18.2 Å². The predicted octanol–water partition coefficient (Wildman–Crippen LogP) is 2.59. The van der Waals surface area contributed by atoms with E-state index in [-0.39, 0.29) is 11.7 Å². The first kappa shape index (κ1) is 9.33. The van der Waals surface area contributed by atoms with E-state index in [1.165, 1.54) is 11.8 Å². The van der Waals surface area contributed by atoms with E-state index in [2.05, 4.69) is 17.3 Å². The van der Waals surface area contributed by atoms with Crippen LogP contribution in [0.2, 0.25) is 0 Å². The van der Waals surface area contributed by atoms with Crippen LogP contribution < -0.4 is 0 Å². The highest BCUT2D eigenvalue weighted by Crippen LogP contribution is 2.32. The third-order valence-corrected chi connectivity index (χ3v) is 3.08. The summed E-state index contributed by atoms with van der Waals surface area (Å²) < 4.78 is 5.11. The molecule has 1 aliphatic rings. The molecule has 0 amide bonds. The molecule has 0 saturated carbocycles. The predicted molar refractivity (Wildman–Crippen MR) is 58.3 cm³/mol. The van der Waals surface area contributed by atoms with Crippen LogP contribution in [0.5, 0.6) is 0 Å². The summed E-state index contributed by atoms with van der Waals surface area (Å²) in [5, 5.41) is 3.69. The van der Waals surface area contributed by atoms with E-state index in [0.29, 0.717) is 12.0 Å². The SMILES string of the molecule is O=C1CC(c2ccccc2)Cc2oncc21. The quantitative estimate of drug-likeness (QED) is 0.731. The summed E-state index contributed by atoms with van der Waals surface area (Å²) >= 11 is 0. The largest absolute Gasteiger partial charge is 0.361 e. The van der Waals surface area contributed by atoms with Gasteiger partial charge in [0.15, 0.2) is 5.78 Å². The molecule has 1 aliphatic carbocycles. The van der Waals surface area contributed by atoms with Crippen molar-refractivity contribution in [2.24, 2.45) is 0 Å². The van der Waals surface area contributed by atoms with Gasteiger partial charge in [0.25, 0.3) is 0 Å². The van der Waals surface area contributed by atoms with Crippen molar-refractivity contribution in [2.45, 2.75) is 18.8 Å². The fourth-order valence-corrected chi connectivity index (χ4v) is 2.23. The van der Waals surface area contributed by atoms with Crippen LogP contribution in [0.4, 0.5) is 0 Å². The van der Waals surface area contributed by atoms with Crippen molar-refractivity contribution in [1.82, 2.24) is 5.16 Å². The van der Waals surface area contributed by atoms with Crippen molar-refractivity contribution in [3.05, 3.63) is 53.4 Å². The molecule has 1 atom stereocenters. The number of rotatable bonds is 1. The van der Waals surface area contributed by atoms with Gasteiger partial charge in [-0.25, -0.2) is 0 Å². The Morgan fingerprint density at radius 2 is 2.00 bits per heavy atom. The second-order valence-electron chi connectivity index (χ2n) is 4.10. The highest BCUT2D eigenvalue weighted by atomic mass is 16.5. The van der Waals surface area contributed by atoms with Crippen LogP contribution in [0, 0.1) is 0 Å². The molecule has 16 heavy (non-hydrogen) atoms. The van der Waals surface area contributed by atoms with E-state index in [0.717, 1.165) is 12.2 Å². The van der Waals surface area contributed by atoms with Crippen molar-refractivity contribution >= 4 is 5.78 Å². The lowest BCUT2D eigenvalue weighted by Crippen LogP contribution is -2.17. The lowest BCUT2D eigenvalue weighted by Gasteiger charge is -2.19. The molecular formula is C13H11NO2. The molecule has 0 spiro atoms. The number of aromatic nitrogens is 1. The molecule has 1 unspecified atom stereocenters. The Morgan fingerprint density at radius 1 is 1.19 bits per heavy atom.